The first-order valence-corrected chi connectivity index (χ1v) is 11.3. The van der Waals surface area contributed by atoms with E-state index in [0.29, 0.717) is 16.5 Å². The van der Waals surface area contributed by atoms with Gasteiger partial charge in [-0.15, -0.1) is 0 Å². The first-order valence-electron chi connectivity index (χ1n) is 10.5. The van der Waals surface area contributed by atoms with Crippen LogP contribution in [0.4, 0.5) is 4.79 Å². The molecule has 9 heteroatoms. The number of unbranched alkanes of at least 4 members (excludes halogenated alkanes) is 1. The lowest BCUT2D eigenvalue weighted by atomic mass is 9.75. The van der Waals surface area contributed by atoms with Crippen LogP contribution in [0.15, 0.2) is 22.7 Å². The highest BCUT2D eigenvalue weighted by molar-refractivity contribution is 9.10. The molecule has 1 aromatic carbocycles. The summed E-state index contributed by atoms with van der Waals surface area (Å²) in [6, 6.07) is 3.99. The molecule has 0 spiro atoms. The Morgan fingerprint density at radius 2 is 1.77 bits per heavy atom. The predicted octanol–water partition coefficient (Wildman–Crippen LogP) is 3.42. The van der Waals surface area contributed by atoms with E-state index in [1.54, 1.807) is 39.0 Å². The highest BCUT2D eigenvalue weighted by Gasteiger charge is 2.41. The number of ether oxygens (including phenoxy) is 2. The van der Waals surface area contributed by atoms with Gasteiger partial charge in [0.25, 0.3) is 0 Å². The van der Waals surface area contributed by atoms with E-state index in [1.807, 2.05) is 27.7 Å². The molecule has 1 atom stereocenters. The zero-order valence-corrected chi connectivity index (χ0v) is 21.2. The first-order chi connectivity index (χ1) is 14.2. The summed E-state index contributed by atoms with van der Waals surface area (Å²) >= 11 is 3.32. The monoisotopic (exact) mass is 499 g/mol. The molecule has 7 nitrogen and oxygen atoms in total. The van der Waals surface area contributed by atoms with Crippen LogP contribution in [0.3, 0.4) is 0 Å². The number of benzene rings is 1. The third-order valence-electron chi connectivity index (χ3n) is 4.43. The average Bonchev–Trinajstić information content (AvgIpc) is 2.59. The molecule has 0 fully saturated rings. The Bertz CT molecular complexity index is 757. The molecule has 1 unspecified atom stereocenters. The van der Waals surface area contributed by atoms with Gasteiger partial charge in [-0.1, -0.05) is 35.3 Å². The Balaban J connectivity index is 3.44. The predicted molar refractivity (Wildman–Crippen MR) is 125 cm³/mol. The fourth-order valence-corrected chi connectivity index (χ4v) is 3.47. The van der Waals surface area contributed by atoms with Crippen molar-refractivity contribution in [1.29, 1.82) is 0 Å². The topological polar surface area (TPSA) is 96.3 Å². The molecule has 0 aliphatic heterocycles. The van der Waals surface area contributed by atoms with Crippen molar-refractivity contribution in [2.45, 2.75) is 84.9 Å². The Hall–Kier alpha value is -1.58. The van der Waals surface area contributed by atoms with E-state index in [-0.39, 0.29) is 18.5 Å². The van der Waals surface area contributed by atoms with Gasteiger partial charge in [-0.2, -0.15) is 0 Å². The number of amides is 1. The van der Waals surface area contributed by atoms with Gasteiger partial charge in [-0.05, 0) is 71.1 Å². The van der Waals surface area contributed by atoms with Gasteiger partial charge in [-0.3, -0.25) is 4.90 Å². The maximum atomic E-state index is 13.2. The molecule has 0 heterocycles. The fraction of sp³-hybridized carbons (Fsp3) is 0.636. The van der Waals surface area contributed by atoms with E-state index < -0.39 is 36.4 Å². The molecule has 31 heavy (non-hydrogen) atoms. The second-order valence-corrected chi connectivity index (χ2v) is 10.4. The van der Waals surface area contributed by atoms with Crippen molar-refractivity contribution in [2.24, 2.45) is 0 Å². The van der Waals surface area contributed by atoms with Crippen LogP contribution in [-0.4, -0.2) is 57.9 Å². The Morgan fingerprint density at radius 3 is 2.26 bits per heavy atom. The standard InChI is InChI=1S/C22H35BBrNO6/c1-8-9-12-30-20(27)25(21(2,3)4)18(19(26)31-22(5,6)7)13-15-10-11-16(24)14-17(15)23(28)29/h10-11,14,18,28-29H,8-9,12-13H2,1-7H3. The lowest BCUT2D eigenvalue weighted by molar-refractivity contribution is -0.162. The minimum Gasteiger partial charge on any atom is -0.458 e. The summed E-state index contributed by atoms with van der Waals surface area (Å²) in [4.78, 5) is 27.6. The minimum absolute atomic E-state index is 0.0370. The highest BCUT2D eigenvalue weighted by atomic mass is 79.9. The first kappa shape index (κ1) is 27.5. The van der Waals surface area contributed by atoms with E-state index in [4.69, 9.17) is 9.47 Å². The maximum absolute atomic E-state index is 13.2. The number of esters is 1. The van der Waals surface area contributed by atoms with E-state index in [0.717, 1.165) is 6.42 Å². The largest absolute Gasteiger partial charge is 0.488 e. The smallest absolute Gasteiger partial charge is 0.458 e. The SMILES string of the molecule is CCCCOC(=O)N(C(Cc1ccc(Br)cc1B(O)O)C(=O)OC(C)(C)C)C(C)(C)C. The summed E-state index contributed by atoms with van der Waals surface area (Å²) in [5.74, 6) is -0.587. The molecule has 0 saturated carbocycles. The van der Waals surface area contributed by atoms with E-state index >= 15 is 0 Å². The Morgan fingerprint density at radius 1 is 1.16 bits per heavy atom. The van der Waals surface area contributed by atoms with Gasteiger partial charge in [0.1, 0.15) is 11.6 Å². The van der Waals surface area contributed by atoms with Crippen LogP contribution in [0.2, 0.25) is 0 Å². The maximum Gasteiger partial charge on any atom is 0.488 e. The van der Waals surface area contributed by atoms with Crippen molar-refractivity contribution in [3.8, 4) is 0 Å². The van der Waals surface area contributed by atoms with Gasteiger partial charge in [0, 0.05) is 16.4 Å². The molecule has 1 aromatic rings. The number of hydrogen-bond donors (Lipinski definition) is 2. The summed E-state index contributed by atoms with van der Waals surface area (Å²) in [5.41, 5.74) is -0.747. The van der Waals surface area contributed by atoms with Gasteiger partial charge < -0.3 is 19.5 Å². The number of hydrogen-bond acceptors (Lipinski definition) is 6. The van der Waals surface area contributed by atoms with Crippen molar-refractivity contribution in [2.75, 3.05) is 6.61 Å². The van der Waals surface area contributed by atoms with E-state index in [9.17, 15) is 19.6 Å². The Kier molecular flexibility index (Phi) is 10.0. The summed E-state index contributed by atoms with van der Waals surface area (Å²) in [6.45, 7) is 13.0. The van der Waals surface area contributed by atoms with Crippen molar-refractivity contribution >= 4 is 40.6 Å². The third kappa shape index (κ3) is 8.82. The molecular weight excluding hydrogens is 465 g/mol. The van der Waals surface area contributed by atoms with E-state index in [1.165, 1.54) is 4.90 Å². The molecule has 1 amide bonds. The second-order valence-electron chi connectivity index (χ2n) is 9.48. The molecule has 2 N–H and O–H groups in total. The van der Waals surface area contributed by atoms with Gasteiger partial charge in [0.15, 0.2) is 0 Å². The number of carbonyl (C=O) groups excluding carboxylic acids is 2. The summed E-state index contributed by atoms with van der Waals surface area (Å²) in [7, 11) is -1.73. The molecule has 0 aliphatic carbocycles. The van der Waals surface area contributed by atoms with Gasteiger partial charge in [-0.25, -0.2) is 9.59 Å². The second kappa shape index (κ2) is 11.3. The van der Waals surface area contributed by atoms with Crippen LogP contribution in [-0.2, 0) is 20.7 Å². The Labute approximate surface area is 194 Å². The minimum atomic E-state index is -1.73. The van der Waals surface area contributed by atoms with E-state index in [2.05, 4.69) is 15.9 Å². The van der Waals surface area contributed by atoms with Gasteiger partial charge in [0.2, 0.25) is 0 Å². The van der Waals surface area contributed by atoms with Crippen molar-refractivity contribution in [1.82, 2.24) is 4.90 Å². The van der Waals surface area contributed by atoms with Crippen LogP contribution < -0.4 is 5.46 Å². The molecule has 174 valence electrons. The van der Waals surface area contributed by atoms with Crippen LogP contribution in [0.1, 0.15) is 66.9 Å². The molecule has 1 rings (SSSR count). The molecule has 0 saturated heterocycles. The van der Waals surface area contributed by atoms with Crippen LogP contribution >= 0.6 is 15.9 Å². The van der Waals surface area contributed by atoms with Gasteiger partial charge >= 0.3 is 19.2 Å². The lowest BCUT2D eigenvalue weighted by Gasteiger charge is -2.40. The zero-order valence-electron chi connectivity index (χ0n) is 19.6. The van der Waals surface area contributed by atoms with Gasteiger partial charge in [0.05, 0.1) is 6.61 Å². The summed E-state index contributed by atoms with van der Waals surface area (Å²) < 4.78 is 11.7. The lowest BCUT2D eigenvalue weighted by Crippen LogP contribution is -2.57. The normalized spacial score (nSPS) is 12.8. The number of nitrogens with zero attached hydrogens (tertiary/aromatic N) is 1. The fourth-order valence-electron chi connectivity index (χ4n) is 3.09. The van der Waals surface area contributed by atoms with Crippen molar-refractivity contribution in [3.05, 3.63) is 28.2 Å². The molecular formula is C22H35BBrNO6. The third-order valence-corrected chi connectivity index (χ3v) is 4.93. The van der Waals surface area contributed by atoms with Crippen LogP contribution in [0.25, 0.3) is 0 Å². The van der Waals surface area contributed by atoms with Crippen molar-refractivity contribution < 1.29 is 29.1 Å². The number of carbonyl (C=O) groups is 2. The average molecular weight is 500 g/mol. The molecule has 0 radical (unpaired) electrons. The quantitative estimate of drug-likeness (QED) is 0.323. The summed E-state index contributed by atoms with van der Waals surface area (Å²) in [6.07, 6.45) is 1.01. The van der Waals surface area contributed by atoms with Crippen molar-refractivity contribution in [3.63, 3.8) is 0 Å². The zero-order chi connectivity index (χ0) is 24.0. The molecule has 0 aromatic heterocycles. The molecule has 0 aliphatic rings. The molecule has 0 bridgehead atoms. The van der Waals surface area contributed by atoms with Crippen LogP contribution in [0, 0.1) is 0 Å². The summed E-state index contributed by atoms with van der Waals surface area (Å²) in [5, 5.41) is 19.7. The number of halogens is 1. The van der Waals surface area contributed by atoms with Crippen LogP contribution in [0.5, 0.6) is 0 Å². The highest BCUT2D eigenvalue weighted by Crippen LogP contribution is 2.24. The number of rotatable bonds is 8.